The first-order chi connectivity index (χ1) is 12.4. The highest BCUT2D eigenvalue weighted by Gasteiger charge is 2.34. The molecule has 1 N–H and O–H groups in total. The summed E-state index contributed by atoms with van der Waals surface area (Å²) >= 11 is 5.89. The molecule has 1 aliphatic heterocycles. The van der Waals surface area contributed by atoms with Crippen molar-refractivity contribution in [1.29, 1.82) is 0 Å². The molecule has 0 saturated carbocycles. The number of carbonyl (C=O) groups excluding carboxylic acids is 2. The number of nitrogens with one attached hydrogen (secondary N) is 1. The molecule has 2 heterocycles. The van der Waals surface area contributed by atoms with E-state index in [4.69, 9.17) is 11.6 Å². The minimum absolute atomic E-state index is 0.0514. The Morgan fingerprint density at radius 2 is 2.00 bits per heavy atom. The van der Waals surface area contributed by atoms with Gasteiger partial charge >= 0.3 is 0 Å². The molecule has 0 bridgehead atoms. The van der Waals surface area contributed by atoms with Gasteiger partial charge in [-0.2, -0.15) is 0 Å². The molecule has 1 aromatic heterocycles. The van der Waals surface area contributed by atoms with Gasteiger partial charge in [0.2, 0.25) is 11.8 Å². The molecular formula is C19H21ClN4O2. The number of nitrogens with zero attached hydrogens (tertiary/aromatic N) is 3. The quantitative estimate of drug-likeness (QED) is 0.875. The highest BCUT2D eigenvalue weighted by Crippen LogP contribution is 2.26. The van der Waals surface area contributed by atoms with Crippen molar-refractivity contribution in [2.75, 3.05) is 30.4 Å². The largest absolute Gasteiger partial charge is 0.363 e. The second-order valence-electron chi connectivity index (χ2n) is 6.52. The Labute approximate surface area is 157 Å². The van der Waals surface area contributed by atoms with Crippen LogP contribution in [0.4, 0.5) is 11.5 Å². The van der Waals surface area contributed by atoms with E-state index in [9.17, 15) is 9.59 Å². The van der Waals surface area contributed by atoms with E-state index in [0.717, 1.165) is 17.1 Å². The Morgan fingerprint density at radius 1 is 1.27 bits per heavy atom. The lowest BCUT2D eigenvalue weighted by atomic mass is 10.1. The van der Waals surface area contributed by atoms with Gasteiger partial charge in [-0.3, -0.25) is 9.59 Å². The average molecular weight is 373 g/mol. The van der Waals surface area contributed by atoms with Crippen LogP contribution < -0.4 is 15.1 Å². The van der Waals surface area contributed by atoms with E-state index in [0.29, 0.717) is 18.1 Å². The maximum atomic E-state index is 12.4. The first-order valence-electron chi connectivity index (χ1n) is 8.40. The average Bonchev–Trinajstić information content (AvgIpc) is 3.02. The predicted molar refractivity (Wildman–Crippen MR) is 102 cm³/mol. The Kier molecular flexibility index (Phi) is 5.42. The van der Waals surface area contributed by atoms with Crippen LogP contribution in [0.1, 0.15) is 12.0 Å². The number of pyridine rings is 1. The van der Waals surface area contributed by atoms with E-state index in [1.807, 2.05) is 31.1 Å². The molecule has 0 spiro atoms. The van der Waals surface area contributed by atoms with E-state index in [2.05, 4.69) is 10.3 Å². The molecule has 136 valence electrons. The van der Waals surface area contributed by atoms with Crippen molar-refractivity contribution >= 4 is 34.9 Å². The summed E-state index contributed by atoms with van der Waals surface area (Å²) in [4.78, 5) is 32.6. The number of benzene rings is 1. The van der Waals surface area contributed by atoms with Crippen molar-refractivity contribution in [3.8, 4) is 0 Å². The van der Waals surface area contributed by atoms with Crippen molar-refractivity contribution in [3.05, 3.63) is 53.2 Å². The van der Waals surface area contributed by atoms with Crippen LogP contribution in [0, 0.1) is 5.92 Å². The first kappa shape index (κ1) is 18.2. The standard InChI is InChI=1S/C19H21ClN4O2/c1-23(2)17-8-3-13(10-21-17)11-22-19(26)14-9-18(25)24(12-14)16-6-4-15(20)5-7-16/h3-8,10,14H,9,11-12H2,1-2H3,(H,22,26)/t14-/m0/s1. The van der Waals surface area contributed by atoms with Crippen LogP contribution >= 0.6 is 11.6 Å². The number of aromatic nitrogens is 1. The van der Waals surface area contributed by atoms with E-state index in [-0.39, 0.29) is 24.2 Å². The minimum Gasteiger partial charge on any atom is -0.363 e. The minimum atomic E-state index is -0.354. The molecule has 3 rings (SSSR count). The van der Waals surface area contributed by atoms with Crippen LogP contribution in [-0.4, -0.2) is 37.4 Å². The highest BCUT2D eigenvalue weighted by atomic mass is 35.5. The van der Waals surface area contributed by atoms with Crippen LogP contribution in [0.5, 0.6) is 0 Å². The SMILES string of the molecule is CN(C)c1ccc(CNC(=O)[C@H]2CC(=O)N(c3ccc(Cl)cc3)C2)cn1. The zero-order chi connectivity index (χ0) is 18.7. The Morgan fingerprint density at radius 3 is 2.62 bits per heavy atom. The fourth-order valence-corrected chi connectivity index (χ4v) is 3.00. The van der Waals surface area contributed by atoms with Crippen LogP contribution in [-0.2, 0) is 16.1 Å². The summed E-state index contributed by atoms with van der Waals surface area (Å²) in [6, 6.07) is 10.9. The van der Waals surface area contributed by atoms with Gasteiger partial charge in [0.1, 0.15) is 5.82 Å². The maximum Gasteiger partial charge on any atom is 0.227 e. The van der Waals surface area contributed by atoms with Crippen LogP contribution in [0.25, 0.3) is 0 Å². The molecule has 1 fully saturated rings. The fourth-order valence-electron chi connectivity index (χ4n) is 2.87. The normalized spacial score (nSPS) is 16.7. The number of rotatable bonds is 5. The summed E-state index contributed by atoms with van der Waals surface area (Å²) in [5.74, 6) is 0.336. The summed E-state index contributed by atoms with van der Waals surface area (Å²) in [5, 5.41) is 3.51. The zero-order valence-electron chi connectivity index (χ0n) is 14.8. The highest BCUT2D eigenvalue weighted by molar-refractivity contribution is 6.30. The molecule has 1 aliphatic rings. The summed E-state index contributed by atoms with van der Waals surface area (Å²) in [5.41, 5.74) is 1.68. The van der Waals surface area contributed by atoms with Crippen molar-refractivity contribution in [1.82, 2.24) is 10.3 Å². The van der Waals surface area contributed by atoms with Crippen LogP contribution in [0.15, 0.2) is 42.6 Å². The smallest absolute Gasteiger partial charge is 0.227 e. The molecule has 1 saturated heterocycles. The number of carbonyl (C=O) groups is 2. The molecule has 0 aliphatic carbocycles. The number of amides is 2. The number of hydrogen-bond acceptors (Lipinski definition) is 4. The molecule has 1 atom stereocenters. The molecule has 2 amide bonds. The zero-order valence-corrected chi connectivity index (χ0v) is 15.5. The first-order valence-corrected chi connectivity index (χ1v) is 8.78. The molecule has 0 radical (unpaired) electrons. The number of halogens is 1. The Balaban J connectivity index is 1.57. The third kappa shape index (κ3) is 4.14. The van der Waals surface area contributed by atoms with Crippen molar-refractivity contribution < 1.29 is 9.59 Å². The van der Waals surface area contributed by atoms with E-state index < -0.39 is 0 Å². The van der Waals surface area contributed by atoms with E-state index in [1.165, 1.54) is 0 Å². The topological polar surface area (TPSA) is 65.5 Å². The van der Waals surface area contributed by atoms with Gasteiger partial charge in [-0.15, -0.1) is 0 Å². The molecule has 6 nitrogen and oxygen atoms in total. The Bertz CT molecular complexity index is 790. The van der Waals surface area contributed by atoms with Gasteiger partial charge in [-0.1, -0.05) is 17.7 Å². The number of anilines is 2. The van der Waals surface area contributed by atoms with Gasteiger partial charge in [0.25, 0.3) is 0 Å². The lowest BCUT2D eigenvalue weighted by molar-refractivity contribution is -0.126. The van der Waals surface area contributed by atoms with Gasteiger partial charge in [0, 0.05) is 50.5 Å². The van der Waals surface area contributed by atoms with Gasteiger partial charge in [-0.25, -0.2) is 4.98 Å². The van der Waals surface area contributed by atoms with E-state index in [1.54, 1.807) is 35.4 Å². The van der Waals surface area contributed by atoms with Gasteiger partial charge in [-0.05, 0) is 35.9 Å². The molecule has 1 aromatic carbocycles. The summed E-state index contributed by atoms with van der Waals surface area (Å²) in [6.45, 7) is 0.773. The summed E-state index contributed by atoms with van der Waals surface area (Å²) in [6.07, 6.45) is 1.96. The molecular weight excluding hydrogens is 352 g/mol. The molecule has 0 unspecified atom stereocenters. The lowest BCUT2D eigenvalue weighted by Crippen LogP contribution is -2.32. The van der Waals surface area contributed by atoms with Gasteiger partial charge in [0.05, 0.1) is 5.92 Å². The second kappa shape index (κ2) is 7.74. The molecule has 26 heavy (non-hydrogen) atoms. The van der Waals surface area contributed by atoms with Gasteiger partial charge < -0.3 is 15.1 Å². The maximum absolute atomic E-state index is 12.4. The van der Waals surface area contributed by atoms with Crippen LogP contribution in [0.3, 0.4) is 0 Å². The Hall–Kier alpha value is -2.60. The predicted octanol–water partition coefficient (Wildman–Crippen LogP) is 2.47. The third-order valence-electron chi connectivity index (χ3n) is 4.37. The molecule has 7 heteroatoms. The lowest BCUT2D eigenvalue weighted by Gasteiger charge is -2.17. The van der Waals surface area contributed by atoms with E-state index >= 15 is 0 Å². The number of hydrogen-bond donors (Lipinski definition) is 1. The third-order valence-corrected chi connectivity index (χ3v) is 4.62. The van der Waals surface area contributed by atoms with Gasteiger partial charge in [0.15, 0.2) is 0 Å². The fraction of sp³-hybridized carbons (Fsp3) is 0.316. The summed E-state index contributed by atoms with van der Waals surface area (Å²) in [7, 11) is 3.85. The second-order valence-corrected chi connectivity index (χ2v) is 6.96. The monoisotopic (exact) mass is 372 g/mol. The summed E-state index contributed by atoms with van der Waals surface area (Å²) < 4.78 is 0. The van der Waals surface area contributed by atoms with Crippen molar-refractivity contribution in [2.24, 2.45) is 5.92 Å². The van der Waals surface area contributed by atoms with Crippen molar-refractivity contribution in [3.63, 3.8) is 0 Å². The molecule has 2 aromatic rings. The van der Waals surface area contributed by atoms with Crippen molar-refractivity contribution in [2.45, 2.75) is 13.0 Å². The van der Waals surface area contributed by atoms with Crippen LogP contribution in [0.2, 0.25) is 5.02 Å².